The molecule has 1 N–H and O–H groups in total. The van der Waals surface area contributed by atoms with Crippen LogP contribution in [-0.2, 0) is 11.2 Å². The molecule has 1 aliphatic carbocycles. The number of terminal acetylenes is 1. The molecule has 0 amide bonds. The van der Waals surface area contributed by atoms with Crippen molar-refractivity contribution >= 4 is 16.6 Å². The number of alkyl halides is 1. The van der Waals surface area contributed by atoms with Crippen molar-refractivity contribution < 1.29 is 28.1 Å². The van der Waals surface area contributed by atoms with Gasteiger partial charge in [0.05, 0.1) is 36.6 Å². The quantitative estimate of drug-likeness (QED) is 0.242. The Kier molecular flexibility index (Phi) is 11.1. The van der Waals surface area contributed by atoms with Crippen molar-refractivity contribution in [3.05, 3.63) is 46.9 Å². The number of phenolic OH excluding ortho intramolecular Hbond substituents is 1. The summed E-state index contributed by atoms with van der Waals surface area (Å²) in [6, 6.07) is 7.76. The van der Waals surface area contributed by atoms with E-state index in [-0.39, 0.29) is 41.3 Å². The number of aromatic nitrogens is 2. The summed E-state index contributed by atoms with van der Waals surface area (Å²) in [6.07, 6.45) is 14.4. The first kappa shape index (κ1) is 39.1. The van der Waals surface area contributed by atoms with Crippen LogP contribution in [0.25, 0.3) is 10.8 Å². The summed E-state index contributed by atoms with van der Waals surface area (Å²) in [5.41, 5.74) is 0.736. The van der Waals surface area contributed by atoms with E-state index in [1.807, 2.05) is 0 Å². The summed E-state index contributed by atoms with van der Waals surface area (Å²) < 4.78 is 50.0. The Balaban J connectivity index is 1.10. The van der Waals surface area contributed by atoms with Crippen molar-refractivity contribution in [2.75, 3.05) is 57.5 Å². The lowest BCUT2D eigenvalue weighted by atomic mass is 9.71. The third-order valence-electron chi connectivity index (χ3n) is 13.7. The number of anilines is 1. The predicted octanol–water partition coefficient (Wildman–Crippen LogP) is 7.79. The minimum absolute atomic E-state index is 0.0775. The van der Waals surface area contributed by atoms with Gasteiger partial charge in [0.25, 0.3) is 0 Å². The van der Waals surface area contributed by atoms with Crippen LogP contribution in [0.4, 0.5) is 14.6 Å². The summed E-state index contributed by atoms with van der Waals surface area (Å²) in [5.74, 6) is 3.26. The molecule has 302 valence electrons. The summed E-state index contributed by atoms with van der Waals surface area (Å²) in [4.78, 5) is 17.5. The number of likely N-dealkylation sites (tertiary alicyclic amines) is 1. The Morgan fingerprint density at radius 2 is 1.77 bits per heavy atom. The topological polar surface area (TPSA) is 83.4 Å². The number of nitrogens with zero attached hydrogens (tertiary/aromatic N) is 5. The zero-order valence-electron chi connectivity index (χ0n) is 33.7. The molecular weight excluding hydrogens is 713 g/mol. The van der Waals surface area contributed by atoms with Crippen LogP contribution in [0, 0.1) is 23.6 Å². The molecule has 5 aliphatic rings. The highest BCUT2D eigenvalue weighted by Gasteiger charge is 2.56. The maximum absolute atomic E-state index is 15.9. The van der Waals surface area contributed by atoms with Crippen LogP contribution in [-0.4, -0.2) is 107 Å². The zero-order chi connectivity index (χ0) is 39.2. The number of aromatic hydroxyl groups is 1. The number of rotatable bonds is 7. The molecule has 0 unspecified atom stereocenters. The Labute approximate surface area is 331 Å². The minimum Gasteiger partial charge on any atom is -0.508 e. The number of fused-ring (bicyclic) bond motifs is 2. The predicted molar refractivity (Wildman–Crippen MR) is 215 cm³/mol. The normalized spacial score (nSPS) is 29.4. The highest BCUT2D eigenvalue weighted by atomic mass is 19.1. The fourth-order valence-corrected chi connectivity index (χ4v) is 10.6. The fraction of sp³-hybridized carbons (Fsp3) is 0.644. The summed E-state index contributed by atoms with van der Waals surface area (Å²) >= 11 is 0. The van der Waals surface area contributed by atoms with E-state index in [2.05, 4.69) is 48.3 Å². The molecule has 0 radical (unpaired) electrons. The van der Waals surface area contributed by atoms with E-state index in [4.69, 9.17) is 30.6 Å². The Hall–Kier alpha value is -3.72. The van der Waals surface area contributed by atoms with E-state index in [1.165, 1.54) is 6.07 Å². The van der Waals surface area contributed by atoms with Crippen molar-refractivity contribution in [1.29, 1.82) is 0 Å². The second-order valence-electron chi connectivity index (χ2n) is 18.1. The molecule has 2 aromatic carbocycles. The van der Waals surface area contributed by atoms with E-state index >= 15 is 8.78 Å². The number of phenols is 1. The molecular formula is C45H59F2N5O4. The molecule has 11 heteroatoms. The number of morpholine rings is 1. The molecule has 8 rings (SSSR count). The smallest absolute Gasteiger partial charge is 0.318 e. The van der Waals surface area contributed by atoms with Crippen molar-refractivity contribution in [3.63, 3.8) is 0 Å². The van der Waals surface area contributed by atoms with Gasteiger partial charge in [-0.3, -0.25) is 9.80 Å². The Bertz CT molecular complexity index is 1930. The van der Waals surface area contributed by atoms with Crippen molar-refractivity contribution in [2.24, 2.45) is 5.41 Å². The maximum Gasteiger partial charge on any atom is 0.318 e. The number of ether oxygens (including phenoxy) is 3. The number of benzene rings is 2. The van der Waals surface area contributed by atoms with Crippen LogP contribution >= 0.6 is 0 Å². The molecule has 4 fully saturated rings. The zero-order valence-corrected chi connectivity index (χ0v) is 33.7. The first-order chi connectivity index (χ1) is 27.0. The Morgan fingerprint density at radius 1 is 1.02 bits per heavy atom. The lowest BCUT2D eigenvalue weighted by Crippen LogP contribution is -2.61. The van der Waals surface area contributed by atoms with E-state index in [0.29, 0.717) is 60.3 Å². The van der Waals surface area contributed by atoms with E-state index in [1.54, 1.807) is 18.2 Å². The molecule has 1 aromatic heterocycles. The number of halogens is 2. The first-order valence-electron chi connectivity index (χ1n) is 21.0. The average molecular weight is 772 g/mol. The molecule has 3 aromatic rings. The van der Waals surface area contributed by atoms with E-state index < -0.39 is 17.5 Å². The SMILES string of the molecule is C#Cc1c(F)ccc2cc(O)cc([C@@H]3COc4c(nc(OC[C@]5(C(C)(C)C)C[C@@H](F)CN5C5CCC(N6CCOC[C@@H]6C)CC5)nc4N4CCCCCC4)C3)c12. The maximum atomic E-state index is 15.9. The number of hydrogen-bond acceptors (Lipinski definition) is 9. The molecule has 4 aliphatic heterocycles. The second-order valence-corrected chi connectivity index (χ2v) is 18.1. The van der Waals surface area contributed by atoms with E-state index in [9.17, 15) is 5.11 Å². The molecule has 0 spiro atoms. The lowest BCUT2D eigenvalue weighted by molar-refractivity contribution is -0.0634. The molecule has 56 heavy (non-hydrogen) atoms. The molecule has 0 bridgehead atoms. The molecule has 1 saturated carbocycles. The van der Waals surface area contributed by atoms with Crippen molar-refractivity contribution in [1.82, 2.24) is 19.8 Å². The van der Waals surface area contributed by atoms with Gasteiger partial charge in [-0.05, 0) is 80.0 Å². The molecule has 5 heterocycles. The highest BCUT2D eigenvalue weighted by Crippen LogP contribution is 2.49. The van der Waals surface area contributed by atoms with Crippen LogP contribution < -0.4 is 14.4 Å². The van der Waals surface area contributed by atoms with Crippen molar-refractivity contribution in [2.45, 2.75) is 128 Å². The largest absolute Gasteiger partial charge is 0.508 e. The lowest BCUT2D eigenvalue weighted by Gasteiger charge is -2.52. The van der Waals surface area contributed by atoms with Gasteiger partial charge in [0, 0.05) is 68.5 Å². The monoisotopic (exact) mass is 771 g/mol. The van der Waals surface area contributed by atoms with Crippen LogP contribution in [0.5, 0.6) is 17.5 Å². The van der Waals surface area contributed by atoms with Crippen LogP contribution in [0.3, 0.4) is 0 Å². The third-order valence-corrected chi connectivity index (χ3v) is 13.7. The average Bonchev–Trinajstić information content (AvgIpc) is 3.32. The van der Waals surface area contributed by atoms with Gasteiger partial charge in [-0.1, -0.05) is 45.6 Å². The summed E-state index contributed by atoms with van der Waals surface area (Å²) in [6.45, 7) is 14.1. The van der Waals surface area contributed by atoms with Gasteiger partial charge in [-0.2, -0.15) is 9.97 Å². The van der Waals surface area contributed by atoms with Gasteiger partial charge in [0.15, 0.2) is 11.6 Å². The minimum atomic E-state index is -0.948. The van der Waals surface area contributed by atoms with Gasteiger partial charge in [-0.15, -0.1) is 6.42 Å². The first-order valence-corrected chi connectivity index (χ1v) is 21.0. The van der Waals surface area contributed by atoms with Gasteiger partial charge >= 0.3 is 6.01 Å². The van der Waals surface area contributed by atoms with Crippen LogP contribution in [0.15, 0.2) is 24.3 Å². The molecule has 9 nitrogen and oxygen atoms in total. The van der Waals surface area contributed by atoms with Crippen molar-refractivity contribution in [3.8, 4) is 29.9 Å². The third kappa shape index (κ3) is 7.42. The van der Waals surface area contributed by atoms with E-state index in [0.717, 1.165) is 95.6 Å². The van der Waals surface area contributed by atoms with Crippen LogP contribution in [0.1, 0.15) is 108 Å². The second kappa shape index (κ2) is 15.9. The standard InChI is InChI=1S/C45H59F2N5O4/c1-6-36-38(47)16-11-30-21-35(53)23-37(40(30)36)31-22-39-41(55-27-31)42(50-17-9-7-8-10-18-50)49-43(48-39)56-28-45(44(3,4)5)24-32(46)25-52(45)34-14-12-33(13-15-34)51-19-20-54-26-29(51)2/h1,11,16,21,23,29,31-34,53H,7-10,12-15,17-20,22,24-28H2,2-5H3/t29-,31-,32+,33?,34?,45-/m0/s1. The molecule has 4 atom stereocenters. The Morgan fingerprint density at radius 3 is 2.48 bits per heavy atom. The molecule has 3 saturated heterocycles. The summed E-state index contributed by atoms with van der Waals surface area (Å²) in [5, 5.41) is 12.0. The summed E-state index contributed by atoms with van der Waals surface area (Å²) in [7, 11) is 0. The fourth-order valence-electron chi connectivity index (χ4n) is 10.6. The van der Waals surface area contributed by atoms with Gasteiger partial charge < -0.3 is 24.2 Å². The van der Waals surface area contributed by atoms with Gasteiger partial charge in [-0.25, -0.2) is 8.78 Å². The number of hydrogen-bond donors (Lipinski definition) is 1. The van der Waals surface area contributed by atoms with Gasteiger partial charge in [0.1, 0.15) is 24.3 Å². The van der Waals surface area contributed by atoms with Crippen LogP contribution in [0.2, 0.25) is 0 Å². The highest BCUT2D eigenvalue weighted by molar-refractivity contribution is 5.93. The van der Waals surface area contributed by atoms with Gasteiger partial charge in [0.2, 0.25) is 0 Å².